The number of carbonyl (C=O) groups excluding carboxylic acids is 1. The molecule has 2 rings (SSSR count). The largest absolute Gasteiger partial charge is 0.319 e. The smallest absolute Gasteiger partial charge is 0.275 e. The summed E-state index contributed by atoms with van der Waals surface area (Å²) in [5.41, 5.74) is 0.660. The Balaban J connectivity index is 2.30. The fourth-order valence-corrected chi connectivity index (χ4v) is 2.67. The Hall–Kier alpha value is -0.920. The third-order valence-corrected chi connectivity index (χ3v) is 3.93. The first-order valence-corrected chi connectivity index (χ1v) is 8.00. The van der Waals surface area contributed by atoms with Crippen LogP contribution in [0.5, 0.6) is 0 Å². The molecule has 0 spiro atoms. The highest BCUT2D eigenvalue weighted by molar-refractivity contribution is 14.1. The van der Waals surface area contributed by atoms with Gasteiger partial charge in [0, 0.05) is 9.49 Å². The van der Waals surface area contributed by atoms with Crippen molar-refractivity contribution >= 4 is 57.4 Å². The fourth-order valence-electron chi connectivity index (χ4n) is 1.59. The van der Waals surface area contributed by atoms with Crippen LogP contribution in [0.1, 0.15) is 36.1 Å². The molecule has 1 amide bonds. The van der Waals surface area contributed by atoms with Crippen molar-refractivity contribution in [2.75, 3.05) is 5.32 Å². The van der Waals surface area contributed by atoms with Gasteiger partial charge in [-0.2, -0.15) is 0 Å². The quantitative estimate of drug-likeness (QED) is 0.707. The maximum absolute atomic E-state index is 12.3. The highest BCUT2D eigenvalue weighted by Gasteiger charge is 2.16. The van der Waals surface area contributed by atoms with E-state index in [2.05, 4.69) is 37.9 Å². The second-order valence-corrected chi connectivity index (χ2v) is 6.72. The summed E-state index contributed by atoms with van der Waals surface area (Å²) in [7, 11) is 0. The number of carbonyl (C=O) groups is 1. The van der Waals surface area contributed by atoms with Crippen LogP contribution in [0.25, 0.3) is 0 Å². The van der Waals surface area contributed by atoms with Crippen molar-refractivity contribution in [2.45, 2.75) is 19.8 Å². The van der Waals surface area contributed by atoms with E-state index in [0.717, 1.165) is 3.57 Å². The minimum absolute atomic E-state index is 0.107. The summed E-state index contributed by atoms with van der Waals surface area (Å²) in [6.07, 6.45) is 1.44. The van der Waals surface area contributed by atoms with E-state index in [1.807, 2.05) is 19.9 Å². The topological polar surface area (TPSA) is 54.9 Å². The highest BCUT2D eigenvalue weighted by Crippen LogP contribution is 2.25. The van der Waals surface area contributed by atoms with Crippen LogP contribution in [-0.4, -0.2) is 15.9 Å². The van der Waals surface area contributed by atoms with E-state index >= 15 is 0 Å². The fraction of sp³-hybridized carbons (Fsp3) is 0.214. The number of amides is 1. The molecule has 21 heavy (non-hydrogen) atoms. The van der Waals surface area contributed by atoms with E-state index in [0.29, 0.717) is 16.5 Å². The number of nitrogens with zero attached hydrogens (tertiary/aromatic N) is 2. The third kappa shape index (κ3) is 4.05. The van der Waals surface area contributed by atoms with Gasteiger partial charge in [-0.25, -0.2) is 9.97 Å². The average molecular weight is 436 g/mol. The molecule has 0 radical (unpaired) electrons. The normalized spacial score (nSPS) is 10.8. The molecule has 0 aliphatic carbocycles. The van der Waals surface area contributed by atoms with Gasteiger partial charge in [-0.1, -0.05) is 37.0 Å². The molecule has 7 heteroatoms. The Labute approximate surface area is 146 Å². The van der Waals surface area contributed by atoms with Crippen molar-refractivity contribution in [3.8, 4) is 0 Å². The van der Waals surface area contributed by atoms with Gasteiger partial charge in [0.1, 0.15) is 5.82 Å². The zero-order chi connectivity index (χ0) is 15.6. The van der Waals surface area contributed by atoms with Gasteiger partial charge in [-0.05, 0) is 40.8 Å². The number of rotatable bonds is 3. The predicted molar refractivity (Wildman–Crippen MR) is 93.3 cm³/mol. The lowest BCUT2D eigenvalue weighted by Crippen LogP contribution is -2.16. The first-order valence-electron chi connectivity index (χ1n) is 6.17. The average Bonchev–Trinajstić information content (AvgIpc) is 2.42. The summed E-state index contributed by atoms with van der Waals surface area (Å²) >= 11 is 14.2. The molecule has 2 aromatic rings. The van der Waals surface area contributed by atoms with Crippen LogP contribution < -0.4 is 5.32 Å². The van der Waals surface area contributed by atoms with Gasteiger partial charge in [0.15, 0.2) is 5.69 Å². The van der Waals surface area contributed by atoms with Crippen molar-refractivity contribution in [3.63, 3.8) is 0 Å². The van der Waals surface area contributed by atoms with Crippen LogP contribution >= 0.6 is 45.8 Å². The minimum Gasteiger partial charge on any atom is -0.319 e. The Bertz CT molecular complexity index is 692. The van der Waals surface area contributed by atoms with Crippen molar-refractivity contribution in [3.05, 3.63) is 49.5 Å². The van der Waals surface area contributed by atoms with Crippen LogP contribution in [0.4, 0.5) is 5.69 Å². The lowest BCUT2D eigenvalue weighted by molar-refractivity contribution is 0.102. The van der Waals surface area contributed by atoms with Crippen LogP contribution in [0, 0.1) is 3.57 Å². The summed E-state index contributed by atoms with van der Waals surface area (Å²) in [4.78, 5) is 20.6. The van der Waals surface area contributed by atoms with Gasteiger partial charge in [0.2, 0.25) is 0 Å². The SMILES string of the molecule is CC(C)c1ncc(Cl)c(C(=O)Nc2ccc(I)cc2Cl)n1. The summed E-state index contributed by atoms with van der Waals surface area (Å²) < 4.78 is 0.984. The molecule has 0 unspecified atom stereocenters. The first-order chi connectivity index (χ1) is 9.88. The molecular formula is C14H12Cl2IN3O. The highest BCUT2D eigenvalue weighted by atomic mass is 127. The zero-order valence-corrected chi connectivity index (χ0v) is 15.0. The molecule has 0 atom stereocenters. The molecule has 1 heterocycles. The summed E-state index contributed by atoms with van der Waals surface area (Å²) in [6, 6.07) is 5.35. The number of anilines is 1. The lowest BCUT2D eigenvalue weighted by Gasteiger charge is -2.10. The van der Waals surface area contributed by atoms with E-state index < -0.39 is 5.91 Å². The van der Waals surface area contributed by atoms with Crippen molar-refractivity contribution in [1.29, 1.82) is 0 Å². The second-order valence-electron chi connectivity index (χ2n) is 4.66. The van der Waals surface area contributed by atoms with Crippen LogP contribution in [0.15, 0.2) is 24.4 Å². The number of nitrogens with one attached hydrogen (secondary N) is 1. The number of hydrogen-bond acceptors (Lipinski definition) is 3. The van der Waals surface area contributed by atoms with Gasteiger partial charge < -0.3 is 5.32 Å². The predicted octanol–water partition coefficient (Wildman–Crippen LogP) is 4.76. The maximum atomic E-state index is 12.3. The molecule has 0 bridgehead atoms. The molecule has 1 aromatic heterocycles. The van der Waals surface area contributed by atoms with Crippen LogP contribution in [-0.2, 0) is 0 Å². The summed E-state index contributed by atoms with van der Waals surface area (Å²) in [6.45, 7) is 3.89. The van der Waals surface area contributed by atoms with E-state index in [1.54, 1.807) is 12.1 Å². The second kappa shape index (κ2) is 6.89. The van der Waals surface area contributed by atoms with Gasteiger partial charge in [0.05, 0.1) is 21.9 Å². The summed E-state index contributed by atoms with van der Waals surface area (Å²) in [5, 5.41) is 3.38. The van der Waals surface area contributed by atoms with E-state index in [9.17, 15) is 4.79 Å². The van der Waals surface area contributed by atoms with Crippen LogP contribution in [0.2, 0.25) is 10.0 Å². The Kier molecular flexibility index (Phi) is 5.40. The Morgan fingerprint density at radius 3 is 2.62 bits per heavy atom. The third-order valence-electron chi connectivity index (χ3n) is 2.67. The van der Waals surface area contributed by atoms with Gasteiger partial charge in [0.25, 0.3) is 5.91 Å². The first kappa shape index (κ1) is 16.5. The molecule has 0 aliphatic heterocycles. The molecule has 1 aromatic carbocycles. The molecule has 4 nitrogen and oxygen atoms in total. The van der Waals surface area contributed by atoms with Gasteiger partial charge in [-0.3, -0.25) is 4.79 Å². The van der Waals surface area contributed by atoms with Gasteiger partial charge >= 0.3 is 0 Å². The number of aromatic nitrogens is 2. The lowest BCUT2D eigenvalue weighted by atomic mass is 10.2. The Morgan fingerprint density at radius 1 is 1.29 bits per heavy atom. The van der Waals surface area contributed by atoms with Crippen LogP contribution in [0.3, 0.4) is 0 Å². The monoisotopic (exact) mass is 435 g/mol. The Morgan fingerprint density at radius 2 is 2.00 bits per heavy atom. The molecule has 0 fully saturated rings. The van der Waals surface area contributed by atoms with Crippen molar-refractivity contribution < 1.29 is 4.79 Å². The summed E-state index contributed by atoms with van der Waals surface area (Å²) in [5.74, 6) is 0.265. The number of halogens is 3. The molecule has 0 saturated carbocycles. The van der Waals surface area contributed by atoms with Crippen molar-refractivity contribution in [2.24, 2.45) is 0 Å². The van der Waals surface area contributed by atoms with Crippen molar-refractivity contribution in [1.82, 2.24) is 9.97 Å². The zero-order valence-electron chi connectivity index (χ0n) is 11.3. The van der Waals surface area contributed by atoms with E-state index in [-0.39, 0.29) is 16.6 Å². The molecular weight excluding hydrogens is 424 g/mol. The molecule has 0 saturated heterocycles. The molecule has 1 N–H and O–H groups in total. The maximum Gasteiger partial charge on any atom is 0.275 e. The molecule has 110 valence electrons. The van der Waals surface area contributed by atoms with Gasteiger partial charge in [-0.15, -0.1) is 0 Å². The van der Waals surface area contributed by atoms with E-state index in [1.165, 1.54) is 6.20 Å². The molecule has 0 aliphatic rings. The standard InChI is InChI=1S/C14H12Cl2IN3O/c1-7(2)13-18-6-10(16)12(20-13)14(21)19-11-4-3-8(17)5-9(11)15/h3-7H,1-2H3,(H,19,21). The number of hydrogen-bond donors (Lipinski definition) is 1. The minimum atomic E-state index is -0.410. The number of benzene rings is 1. The van der Waals surface area contributed by atoms with E-state index in [4.69, 9.17) is 23.2 Å².